The van der Waals surface area contributed by atoms with Crippen LogP contribution in [0.3, 0.4) is 0 Å². The Morgan fingerprint density at radius 3 is 2.43 bits per heavy atom. The van der Waals surface area contributed by atoms with Crippen LogP contribution in [0.2, 0.25) is 0 Å². The van der Waals surface area contributed by atoms with Crippen molar-refractivity contribution in [2.75, 3.05) is 26.6 Å². The van der Waals surface area contributed by atoms with Crippen molar-refractivity contribution in [3.05, 3.63) is 81.1 Å². The van der Waals surface area contributed by atoms with Crippen molar-refractivity contribution in [1.29, 1.82) is 0 Å². The van der Waals surface area contributed by atoms with Crippen LogP contribution >= 0.6 is 0 Å². The topological polar surface area (TPSA) is 131 Å². The highest BCUT2D eigenvalue weighted by Gasteiger charge is 2.32. The van der Waals surface area contributed by atoms with E-state index in [1.54, 1.807) is 33.5 Å². The van der Waals surface area contributed by atoms with Gasteiger partial charge in [0, 0.05) is 29.1 Å². The minimum atomic E-state index is -0.660. The average Bonchev–Trinajstić information content (AvgIpc) is 3.33. The van der Waals surface area contributed by atoms with Gasteiger partial charge in [0.1, 0.15) is 6.04 Å². The van der Waals surface area contributed by atoms with Gasteiger partial charge in [-0.1, -0.05) is 44.5 Å². The van der Waals surface area contributed by atoms with Crippen LogP contribution in [0.4, 0.5) is 5.69 Å². The first-order valence-corrected chi connectivity index (χ1v) is 17.1. The van der Waals surface area contributed by atoms with Gasteiger partial charge in [0.25, 0.3) is 0 Å². The highest BCUT2D eigenvalue weighted by molar-refractivity contribution is 5.88. The maximum absolute atomic E-state index is 14.1. The number of rotatable bonds is 10. The van der Waals surface area contributed by atoms with Gasteiger partial charge in [-0.3, -0.25) is 14.4 Å². The Morgan fingerprint density at radius 2 is 1.71 bits per heavy atom. The van der Waals surface area contributed by atoms with Crippen LogP contribution in [-0.2, 0) is 22.4 Å². The summed E-state index contributed by atoms with van der Waals surface area (Å²) in [6.07, 6.45) is 4.66. The van der Waals surface area contributed by atoms with E-state index in [4.69, 9.17) is 14.2 Å². The van der Waals surface area contributed by atoms with Gasteiger partial charge < -0.3 is 35.1 Å². The number of aromatic amines is 1. The van der Waals surface area contributed by atoms with Crippen LogP contribution in [0.1, 0.15) is 80.9 Å². The molecule has 0 bridgehead atoms. The molecular weight excluding hydrogens is 620 g/mol. The number of amides is 2. The van der Waals surface area contributed by atoms with Gasteiger partial charge in [-0.2, -0.15) is 0 Å². The molecule has 4 N–H and O–H groups in total. The molecule has 2 amide bonds. The van der Waals surface area contributed by atoms with Crippen molar-refractivity contribution < 1.29 is 23.8 Å². The number of hydrogen-bond donors (Lipinski definition) is 4. The Bertz CT molecular complexity index is 1950. The van der Waals surface area contributed by atoms with Crippen LogP contribution in [-0.4, -0.2) is 44.2 Å². The molecule has 0 radical (unpaired) electrons. The molecule has 0 saturated carbocycles. The maximum atomic E-state index is 14.1. The van der Waals surface area contributed by atoms with Crippen LogP contribution in [0.25, 0.3) is 22.0 Å². The van der Waals surface area contributed by atoms with E-state index in [0.29, 0.717) is 41.3 Å². The number of carbonyl (C=O) groups excluding carboxylic acids is 2. The Hall–Kier alpha value is -4.99. The predicted octanol–water partition coefficient (Wildman–Crippen LogP) is 6.36. The highest BCUT2D eigenvalue weighted by atomic mass is 16.5. The number of aryl methyl sites for hydroxylation is 2. The lowest BCUT2D eigenvalue weighted by atomic mass is 9.90. The van der Waals surface area contributed by atoms with Crippen molar-refractivity contribution in [2.24, 2.45) is 5.92 Å². The molecule has 10 heteroatoms. The molecule has 4 atom stereocenters. The lowest BCUT2D eigenvalue weighted by Crippen LogP contribution is -2.46. The molecule has 258 valence electrons. The number of hydrogen-bond acceptors (Lipinski definition) is 7. The molecule has 10 nitrogen and oxygen atoms in total. The molecule has 0 saturated heterocycles. The minimum Gasteiger partial charge on any atom is -0.493 e. The smallest absolute Gasteiger partial charge is 0.243 e. The van der Waals surface area contributed by atoms with Gasteiger partial charge in [0.15, 0.2) is 11.5 Å². The standard InChI is InChI=1S/C39H46N4O6/c1-7-21(2)35(39(46)43-31-14-10-12-26-24-11-8-9-13-28(24)41-36(26)31)42-30-18-16-25-27(20-32(30)45)29(40-22(3)44)17-15-23-19-33(47-4)37(48-5)38(49-6)34(23)25/h8-9,11,13,16,18-21,29,31,35,41H,7,10,12,14-15,17H2,1-6H3,(H,40,44)(H,42,45)(H,43,46)/t21-,29+,31+,35+/m1/s1. The van der Waals surface area contributed by atoms with Crippen molar-refractivity contribution in [3.8, 4) is 28.4 Å². The summed E-state index contributed by atoms with van der Waals surface area (Å²) in [5, 5.41) is 10.9. The number of methoxy groups -OCH3 is 3. The fraction of sp³-hybridized carbons (Fsp3) is 0.410. The lowest BCUT2D eigenvalue weighted by molar-refractivity contribution is -0.123. The molecule has 0 spiro atoms. The summed E-state index contributed by atoms with van der Waals surface area (Å²) in [6, 6.07) is 14.1. The largest absolute Gasteiger partial charge is 0.493 e. The number of nitrogens with one attached hydrogen (secondary N) is 4. The maximum Gasteiger partial charge on any atom is 0.243 e. The summed E-state index contributed by atoms with van der Waals surface area (Å²) in [4.78, 5) is 44.1. The summed E-state index contributed by atoms with van der Waals surface area (Å²) in [5.74, 6) is 1.03. The third kappa shape index (κ3) is 6.44. The quantitative estimate of drug-likeness (QED) is 0.155. The summed E-state index contributed by atoms with van der Waals surface area (Å²) < 4.78 is 17.3. The Kier molecular flexibility index (Phi) is 9.85. The Labute approximate surface area is 286 Å². The normalized spacial score (nSPS) is 17.8. The monoisotopic (exact) mass is 666 g/mol. The highest BCUT2D eigenvalue weighted by Crippen LogP contribution is 2.50. The van der Waals surface area contributed by atoms with Crippen molar-refractivity contribution >= 4 is 28.4 Å². The second-order valence-corrected chi connectivity index (χ2v) is 13.1. The van der Waals surface area contributed by atoms with E-state index < -0.39 is 12.1 Å². The van der Waals surface area contributed by atoms with Gasteiger partial charge >= 0.3 is 0 Å². The summed E-state index contributed by atoms with van der Waals surface area (Å²) in [7, 11) is 4.70. The predicted molar refractivity (Wildman–Crippen MR) is 192 cm³/mol. The summed E-state index contributed by atoms with van der Waals surface area (Å²) in [6.45, 7) is 5.53. The van der Waals surface area contributed by atoms with Gasteiger partial charge in [0.2, 0.25) is 23.0 Å². The van der Waals surface area contributed by atoms with Crippen molar-refractivity contribution in [1.82, 2.24) is 15.6 Å². The number of ether oxygens (including phenoxy) is 3. The fourth-order valence-electron chi connectivity index (χ4n) is 7.52. The molecule has 3 aromatic carbocycles. The van der Waals surface area contributed by atoms with Gasteiger partial charge in [-0.25, -0.2) is 0 Å². The first-order chi connectivity index (χ1) is 23.7. The number of fused-ring (bicyclic) bond motifs is 6. The molecule has 2 aliphatic carbocycles. The van der Waals surface area contributed by atoms with E-state index in [1.807, 2.05) is 38.1 Å². The molecule has 2 aliphatic rings. The van der Waals surface area contributed by atoms with Crippen LogP contribution in [0.15, 0.2) is 53.3 Å². The fourth-order valence-corrected chi connectivity index (χ4v) is 7.52. The van der Waals surface area contributed by atoms with Crippen LogP contribution in [0.5, 0.6) is 17.2 Å². The Morgan fingerprint density at radius 1 is 0.939 bits per heavy atom. The number of benzene rings is 2. The summed E-state index contributed by atoms with van der Waals surface area (Å²) >= 11 is 0. The zero-order chi connectivity index (χ0) is 34.8. The number of carbonyl (C=O) groups is 2. The Balaban J connectivity index is 1.40. The lowest BCUT2D eigenvalue weighted by Gasteiger charge is -2.29. The van der Waals surface area contributed by atoms with Crippen molar-refractivity contribution in [2.45, 2.75) is 77.4 Å². The molecule has 6 rings (SSSR count). The average molecular weight is 667 g/mol. The molecule has 1 aromatic heterocycles. The number of para-hydroxylation sites is 1. The van der Waals surface area contributed by atoms with Gasteiger partial charge in [0.05, 0.1) is 39.1 Å². The van der Waals surface area contributed by atoms with E-state index in [1.165, 1.54) is 17.9 Å². The molecule has 0 aliphatic heterocycles. The second-order valence-electron chi connectivity index (χ2n) is 13.1. The van der Waals surface area contributed by atoms with Crippen LogP contribution in [0, 0.1) is 5.92 Å². The first kappa shape index (κ1) is 33.9. The molecule has 49 heavy (non-hydrogen) atoms. The number of aromatic nitrogens is 1. The number of H-pyrrole nitrogens is 1. The molecule has 4 aromatic rings. The SMILES string of the molecule is CC[C@@H](C)[C@H](Nc1ccc2c(cc1=O)[C@@H](NC(C)=O)CCc1cc(OC)c(OC)c(OC)c1-2)C(=O)N[C@H]1CCCc2c1[nH]c1ccccc21. The van der Waals surface area contributed by atoms with Gasteiger partial charge in [-0.05, 0) is 84.5 Å². The second kappa shape index (κ2) is 14.2. The van der Waals surface area contributed by atoms with Gasteiger partial charge in [-0.15, -0.1) is 0 Å². The third-order valence-electron chi connectivity index (χ3n) is 10.2. The van der Waals surface area contributed by atoms with E-state index in [2.05, 4.69) is 33.1 Å². The molecule has 0 fully saturated rings. The third-order valence-corrected chi connectivity index (χ3v) is 10.2. The summed E-state index contributed by atoms with van der Waals surface area (Å²) in [5.41, 5.74) is 6.52. The van der Waals surface area contributed by atoms with E-state index >= 15 is 0 Å². The van der Waals surface area contributed by atoms with E-state index in [0.717, 1.165) is 53.6 Å². The number of anilines is 1. The van der Waals surface area contributed by atoms with E-state index in [-0.39, 0.29) is 29.2 Å². The molecule has 0 unspecified atom stereocenters. The molecular formula is C39H46N4O6. The zero-order valence-electron chi connectivity index (χ0n) is 29.1. The van der Waals surface area contributed by atoms with E-state index in [9.17, 15) is 14.4 Å². The van der Waals surface area contributed by atoms with Crippen molar-refractivity contribution in [3.63, 3.8) is 0 Å². The molecule has 1 heterocycles. The minimum absolute atomic E-state index is 0.0711. The first-order valence-electron chi connectivity index (χ1n) is 17.1. The van der Waals surface area contributed by atoms with Crippen LogP contribution < -0.4 is 35.6 Å². The zero-order valence-corrected chi connectivity index (χ0v) is 29.1.